The van der Waals surface area contributed by atoms with E-state index in [-0.39, 0.29) is 0 Å². The third kappa shape index (κ3) is 2.01. The minimum atomic E-state index is 1.08. The van der Waals surface area contributed by atoms with Gasteiger partial charge in [0.25, 0.3) is 0 Å². The first-order valence-electron chi connectivity index (χ1n) is 2.45. The van der Waals surface area contributed by atoms with Crippen LogP contribution >= 0.6 is 27.9 Å². The molecule has 1 nitrogen and oxygen atoms in total. The van der Waals surface area contributed by atoms with Gasteiger partial charge in [-0.1, -0.05) is 15.9 Å². The topological polar surface area (TPSA) is 26.0 Å². The summed E-state index contributed by atoms with van der Waals surface area (Å²) in [6.45, 7) is 0. The Kier molecular flexibility index (Phi) is 2.57. The van der Waals surface area contributed by atoms with Crippen molar-refractivity contribution in [2.45, 2.75) is 4.90 Å². The molecule has 48 valence electrons. The van der Waals surface area contributed by atoms with E-state index >= 15 is 0 Å². The van der Waals surface area contributed by atoms with Gasteiger partial charge in [0.15, 0.2) is 0 Å². The van der Waals surface area contributed by atoms with Crippen LogP contribution in [0.3, 0.4) is 0 Å². The van der Waals surface area contributed by atoms with E-state index in [1.165, 1.54) is 11.9 Å². The molecule has 0 aliphatic heterocycles. The summed E-state index contributed by atoms with van der Waals surface area (Å²) < 4.78 is 1.08. The van der Waals surface area contributed by atoms with Crippen molar-refractivity contribution in [3.63, 3.8) is 0 Å². The van der Waals surface area contributed by atoms with Crippen molar-refractivity contribution in [3.8, 4) is 0 Å². The lowest BCUT2D eigenvalue weighted by Crippen LogP contribution is -1.76. The van der Waals surface area contributed by atoms with Crippen LogP contribution in [0.1, 0.15) is 0 Å². The lowest BCUT2D eigenvalue weighted by molar-refractivity contribution is 1.44. The van der Waals surface area contributed by atoms with Gasteiger partial charge in [-0.05, 0) is 36.2 Å². The molecule has 0 aliphatic carbocycles. The molecule has 9 heavy (non-hydrogen) atoms. The second-order valence-electron chi connectivity index (χ2n) is 1.57. The fourth-order valence-corrected chi connectivity index (χ4v) is 1.07. The molecule has 0 saturated heterocycles. The molecule has 1 aromatic carbocycles. The van der Waals surface area contributed by atoms with E-state index in [4.69, 9.17) is 5.14 Å². The van der Waals surface area contributed by atoms with Gasteiger partial charge in [0.2, 0.25) is 0 Å². The average Bonchev–Trinajstić information content (AvgIpc) is 1.90. The van der Waals surface area contributed by atoms with Crippen molar-refractivity contribution in [1.29, 1.82) is 0 Å². The molecule has 0 unspecified atom stereocenters. The van der Waals surface area contributed by atoms with Crippen LogP contribution in [0.2, 0.25) is 0 Å². The van der Waals surface area contributed by atoms with Crippen LogP contribution in [0.25, 0.3) is 0 Å². The monoisotopic (exact) mass is 203 g/mol. The SMILES string of the molecule is NSc1ccc(Br)cc1. The van der Waals surface area contributed by atoms with E-state index in [1.54, 1.807) is 0 Å². The Balaban J connectivity index is 2.88. The molecule has 0 saturated carbocycles. The molecular weight excluding hydrogens is 198 g/mol. The fraction of sp³-hybridized carbons (Fsp3) is 0. The van der Waals surface area contributed by atoms with Crippen LogP contribution in [0.4, 0.5) is 0 Å². The van der Waals surface area contributed by atoms with E-state index in [9.17, 15) is 0 Å². The highest BCUT2D eigenvalue weighted by atomic mass is 79.9. The zero-order valence-corrected chi connectivity index (χ0v) is 7.08. The predicted octanol–water partition coefficient (Wildman–Crippen LogP) is 2.41. The van der Waals surface area contributed by atoms with Gasteiger partial charge in [0.1, 0.15) is 0 Å². The second-order valence-corrected chi connectivity index (χ2v) is 3.19. The van der Waals surface area contributed by atoms with Crippen LogP contribution in [0.15, 0.2) is 33.6 Å². The lowest BCUT2D eigenvalue weighted by atomic mass is 10.4. The Bertz CT molecular complexity index is 185. The molecule has 3 heteroatoms. The summed E-state index contributed by atoms with van der Waals surface area (Å²) in [5.41, 5.74) is 0. The van der Waals surface area contributed by atoms with Gasteiger partial charge in [-0.15, -0.1) is 0 Å². The summed E-state index contributed by atoms with van der Waals surface area (Å²) in [6.07, 6.45) is 0. The average molecular weight is 204 g/mol. The normalized spacial score (nSPS) is 9.56. The number of halogens is 1. The Morgan fingerprint density at radius 3 is 2.22 bits per heavy atom. The molecule has 0 amide bonds. The Morgan fingerprint density at radius 1 is 1.22 bits per heavy atom. The molecule has 1 aromatic rings. The minimum absolute atomic E-state index is 1.08. The summed E-state index contributed by atoms with van der Waals surface area (Å²) in [7, 11) is 0. The number of rotatable bonds is 1. The van der Waals surface area contributed by atoms with E-state index in [1.807, 2.05) is 24.3 Å². The molecule has 0 fully saturated rings. The number of nitrogens with two attached hydrogens (primary N) is 1. The van der Waals surface area contributed by atoms with Crippen LogP contribution in [-0.2, 0) is 0 Å². The van der Waals surface area contributed by atoms with Crippen molar-refractivity contribution in [1.82, 2.24) is 0 Å². The van der Waals surface area contributed by atoms with Crippen molar-refractivity contribution >= 4 is 27.9 Å². The zero-order chi connectivity index (χ0) is 6.69. The molecule has 0 radical (unpaired) electrons. The second kappa shape index (κ2) is 3.25. The predicted molar refractivity (Wildman–Crippen MR) is 44.2 cm³/mol. The molecule has 2 N–H and O–H groups in total. The largest absolute Gasteiger partial charge is 0.274 e. The quantitative estimate of drug-likeness (QED) is 0.711. The molecule has 0 bridgehead atoms. The summed E-state index contributed by atoms with van der Waals surface area (Å²) in [5, 5.41) is 5.30. The van der Waals surface area contributed by atoms with Gasteiger partial charge in [-0.25, -0.2) is 0 Å². The van der Waals surface area contributed by atoms with Crippen LogP contribution in [-0.4, -0.2) is 0 Å². The summed E-state index contributed by atoms with van der Waals surface area (Å²) >= 11 is 4.58. The zero-order valence-electron chi connectivity index (χ0n) is 4.67. The van der Waals surface area contributed by atoms with Crippen LogP contribution < -0.4 is 5.14 Å². The van der Waals surface area contributed by atoms with Gasteiger partial charge < -0.3 is 0 Å². The molecular formula is C6H6BrNS. The Morgan fingerprint density at radius 2 is 1.78 bits per heavy atom. The highest BCUT2D eigenvalue weighted by Gasteiger charge is 1.87. The van der Waals surface area contributed by atoms with Crippen molar-refractivity contribution in [2.24, 2.45) is 5.14 Å². The standard InChI is InChI=1S/C6H6BrNS/c7-5-1-3-6(9-8)4-2-5/h1-4H,8H2. The van der Waals surface area contributed by atoms with Crippen molar-refractivity contribution in [2.75, 3.05) is 0 Å². The van der Waals surface area contributed by atoms with Gasteiger partial charge in [0, 0.05) is 9.37 Å². The van der Waals surface area contributed by atoms with E-state index in [0.29, 0.717) is 0 Å². The molecule has 0 heterocycles. The first-order valence-corrected chi connectivity index (χ1v) is 4.12. The summed E-state index contributed by atoms with van der Waals surface area (Å²) in [5.74, 6) is 0. The Hall–Kier alpha value is 0.01000. The van der Waals surface area contributed by atoms with E-state index in [2.05, 4.69) is 15.9 Å². The van der Waals surface area contributed by atoms with Crippen molar-refractivity contribution in [3.05, 3.63) is 28.7 Å². The number of hydrogen-bond donors (Lipinski definition) is 1. The maximum atomic E-state index is 5.30. The third-order valence-corrected chi connectivity index (χ3v) is 2.02. The van der Waals surface area contributed by atoms with Gasteiger partial charge in [-0.2, -0.15) is 0 Å². The first-order chi connectivity index (χ1) is 4.33. The van der Waals surface area contributed by atoms with Crippen LogP contribution in [0.5, 0.6) is 0 Å². The lowest BCUT2D eigenvalue weighted by Gasteiger charge is -1.92. The maximum Gasteiger partial charge on any atom is 0.0226 e. The maximum absolute atomic E-state index is 5.30. The molecule has 0 aliphatic rings. The summed E-state index contributed by atoms with van der Waals surface area (Å²) in [6, 6.07) is 7.87. The minimum Gasteiger partial charge on any atom is -0.274 e. The molecule has 0 aromatic heterocycles. The Labute approximate surface area is 66.9 Å². The van der Waals surface area contributed by atoms with Crippen molar-refractivity contribution < 1.29 is 0 Å². The summed E-state index contributed by atoms with van der Waals surface area (Å²) in [4.78, 5) is 1.08. The highest BCUT2D eigenvalue weighted by molar-refractivity contribution is 9.10. The smallest absolute Gasteiger partial charge is 0.0226 e. The first kappa shape index (κ1) is 7.12. The third-order valence-electron chi connectivity index (χ3n) is 0.950. The molecule has 1 rings (SSSR count). The van der Waals surface area contributed by atoms with Gasteiger partial charge in [-0.3, -0.25) is 5.14 Å². The van der Waals surface area contributed by atoms with E-state index < -0.39 is 0 Å². The van der Waals surface area contributed by atoms with Gasteiger partial charge >= 0.3 is 0 Å². The van der Waals surface area contributed by atoms with Gasteiger partial charge in [0.05, 0.1) is 0 Å². The van der Waals surface area contributed by atoms with E-state index in [0.717, 1.165) is 9.37 Å². The number of benzene rings is 1. The molecule has 0 atom stereocenters. The highest BCUT2D eigenvalue weighted by Crippen LogP contribution is 2.15. The molecule has 0 spiro atoms. The van der Waals surface area contributed by atoms with Crippen LogP contribution in [0, 0.1) is 0 Å². The number of hydrogen-bond acceptors (Lipinski definition) is 2. The fourth-order valence-electron chi connectivity index (χ4n) is 0.513.